The van der Waals surface area contributed by atoms with Gasteiger partial charge in [-0.2, -0.15) is 0 Å². The first-order chi connectivity index (χ1) is 8.69. The van der Waals surface area contributed by atoms with E-state index in [0.29, 0.717) is 0 Å². The summed E-state index contributed by atoms with van der Waals surface area (Å²) in [5.41, 5.74) is 0. The monoisotopic (exact) mass is 290 g/mol. The maximum absolute atomic E-state index is 11.3. The molecule has 0 aromatic carbocycles. The summed E-state index contributed by atoms with van der Waals surface area (Å²) in [6, 6.07) is -2.01. The van der Waals surface area contributed by atoms with Crippen LogP contribution in [0, 0.1) is 0 Å². The van der Waals surface area contributed by atoms with Crippen LogP contribution in [0.15, 0.2) is 0 Å². The molecule has 1 saturated heterocycles. The Morgan fingerprint density at radius 3 is 2.32 bits per heavy atom. The smallest absolute Gasteiger partial charge is 0.328 e. The summed E-state index contributed by atoms with van der Waals surface area (Å²) >= 11 is 1.21. The number of rotatable bonds is 5. The van der Waals surface area contributed by atoms with Gasteiger partial charge in [0.25, 0.3) is 0 Å². The number of carboxylic acids is 2. The molecular formula is C11H18N2O5S. The van der Waals surface area contributed by atoms with Crippen molar-refractivity contribution in [3.8, 4) is 0 Å². The van der Waals surface area contributed by atoms with Crippen LogP contribution in [0.1, 0.15) is 27.2 Å². The number of thioether (sulfide) groups is 1. The summed E-state index contributed by atoms with van der Waals surface area (Å²) in [4.78, 5) is 33.7. The number of amides is 1. The first-order valence-corrected chi connectivity index (χ1v) is 6.76. The van der Waals surface area contributed by atoms with Gasteiger partial charge in [0.1, 0.15) is 6.04 Å². The van der Waals surface area contributed by atoms with Crippen molar-refractivity contribution in [2.24, 2.45) is 0 Å². The zero-order valence-corrected chi connectivity index (χ0v) is 11.8. The molecule has 1 rings (SSSR count). The first-order valence-electron chi connectivity index (χ1n) is 5.88. The van der Waals surface area contributed by atoms with Gasteiger partial charge in [0.15, 0.2) is 6.04 Å². The maximum Gasteiger partial charge on any atom is 0.328 e. The van der Waals surface area contributed by atoms with Crippen molar-refractivity contribution in [2.45, 2.75) is 49.4 Å². The summed E-state index contributed by atoms with van der Waals surface area (Å²) in [7, 11) is 0. The fourth-order valence-electron chi connectivity index (χ4n) is 1.87. The van der Waals surface area contributed by atoms with Crippen LogP contribution in [0.5, 0.6) is 0 Å². The molecule has 8 heteroatoms. The Bertz CT molecular complexity index is 399. The lowest BCUT2D eigenvalue weighted by atomic mass is 10.0. The minimum atomic E-state index is -1.19. The molecule has 7 nitrogen and oxygen atoms in total. The number of hydrogen-bond donors (Lipinski definition) is 4. The normalized spacial score (nSPS) is 26.7. The lowest BCUT2D eigenvalue weighted by molar-refractivity contribution is -0.143. The lowest BCUT2D eigenvalue weighted by Crippen LogP contribution is -2.53. The van der Waals surface area contributed by atoms with Crippen molar-refractivity contribution < 1.29 is 24.6 Å². The standard InChI is InChI=1S/C11H18N2O5S/c1-4-5(14)12-6(9(15)16)8-13-7(10(17)18)11(2,3)19-8/h6-8,13H,4H2,1-3H3,(H,12,14)(H,15,16)(H,17,18)/t6-,7-,8+/m0/s1. The maximum atomic E-state index is 11.3. The summed E-state index contributed by atoms with van der Waals surface area (Å²) in [6.45, 7) is 5.07. The van der Waals surface area contributed by atoms with E-state index in [4.69, 9.17) is 10.2 Å². The molecule has 1 aliphatic rings. The topological polar surface area (TPSA) is 116 Å². The second-order valence-electron chi connectivity index (χ2n) is 4.82. The van der Waals surface area contributed by atoms with E-state index in [0.717, 1.165) is 0 Å². The molecule has 0 bridgehead atoms. The van der Waals surface area contributed by atoms with Crippen molar-refractivity contribution in [3.63, 3.8) is 0 Å². The quantitative estimate of drug-likeness (QED) is 0.557. The summed E-state index contributed by atoms with van der Waals surface area (Å²) in [5, 5.41) is 22.7. The van der Waals surface area contributed by atoms with E-state index in [-0.39, 0.29) is 12.3 Å². The lowest BCUT2D eigenvalue weighted by Gasteiger charge is -2.22. The Morgan fingerprint density at radius 2 is 1.95 bits per heavy atom. The Hall–Kier alpha value is -1.28. The van der Waals surface area contributed by atoms with Gasteiger partial charge in [-0.15, -0.1) is 11.8 Å². The second kappa shape index (κ2) is 5.79. The Kier molecular flexibility index (Phi) is 4.81. The van der Waals surface area contributed by atoms with Gasteiger partial charge >= 0.3 is 11.9 Å². The third-order valence-corrected chi connectivity index (χ3v) is 4.42. The van der Waals surface area contributed by atoms with Crippen molar-refractivity contribution in [3.05, 3.63) is 0 Å². The molecule has 1 heterocycles. The van der Waals surface area contributed by atoms with Crippen molar-refractivity contribution >= 4 is 29.6 Å². The van der Waals surface area contributed by atoms with Crippen molar-refractivity contribution in [1.29, 1.82) is 0 Å². The summed E-state index contributed by atoms with van der Waals surface area (Å²) in [5.74, 6) is -2.61. The Morgan fingerprint density at radius 1 is 1.37 bits per heavy atom. The third kappa shape index (κ3) is 3.60. The summed E-state index contributed by atoms with van der Waals surface area (Å²) in [6.07, 6.45) is 0.174. The molecule has 1 fully saturated rings. The molecule has 108 valence electrons. The van der Waals surface area contributed by atoms with Crippen molar-refractivity contribution in [2.75, 3.05) is 0 Å². The van der Waals surface area contributed by atoms with E-state index in [1.54, 1.807) is 20.8 Å². The average molecular weight is 290 g/mol. The molecule has 0 unspecified atom stereocenters. The van der Waals surface area contributed by atoms with Gasteiger partial charge in [0.2, 0.25) is 5.91 Å². The molecular weight excluding hydrogens is 272 g/mol. The highest BCUT2D eigenvalue weighted by Crippen LogP contribution is 2.39. The van der Waals surface area contributed by atoms with Gasteiger partial charge in [-0.05, 0) is 13.8 Å². The van der Waals surface area contributed by atoms with Crippen LogP contribution in [0.4, 0.5) is 0 Å². The number of carbonyl (C=O) groups is 3. The van der Waals surface area contributed by atoms with Crippen LogP contribution < -0.4 is 10.6 Å². The predicted molar refractivity (Wildman–Crippen MR) is 69.9 cm³/mol. The van der Waals surface area contributed by atoms with Gasteiger partial charge in [0.05, 0.1) is 5.37 Å². The van der Waals surface area contributed by atoms with E-state index in [1.165, 1.54) is 11.8 Å². The highest BCUT2D eigenvalue weighted by atomic mass is 32.2. The molecule has 0 aliphatic carbocycles. The highest BCUT2D eigenvalue weighted by molar-refractivity contribution is 8.01. The van der Waals surface area contributed by atoms with Gasteiger partial charge in [-0.1, -0.05) is 6.92 Å². The minimum absolute atomic E-state index is 0.174. The molecule has 0 saturated carbocycles. The number of nitrogens with one attached hydrogen (secondary N) is 2. The predicted octanol–water partition coefficient (Wildman–Crippen LogP) is -0.140. The van der Waals surface area contributed by atoms with E-state index < -0.39 is 34.1 Å². The molecule has 19 heavy (non-hydrogen) atoms. The van der Waals surface area contributed by atoms with Gasteiger partial charge in [0, 0.05) is 11.2 Å². The van der Waals surface area contributed by atoms with Crippen LogP contribution in [0.25, 0.3) is 0 Å². The molecule has 1 amide bonds. The fraction of sp³-hybridized carbons (Fsp3) is 0.727. The van der Waals surface area contributed by atoms with E-state index in [9.17, 15) is 14.4 Å². The van der Waals surface area contributed by atoms with E-state index in [2.05, 4.69) is 10.6 Å². The molecule has 1 aliphatic heterocycles. The van der Waals surface area contributed by atoms with Crippen molar-refractivity contribution in [1.82, 2.24) is 10.6 Å². The largest absolute Gasteiger partial charge is 0.480 e. The number of carbonyl (C=O) groups excluding carboxylic acids is 1. The highest BCUT2D eigenvalue weighted by Gasteiger charge is 2.49. The fourth-order valence-corrected chi connectivity index (χ4v) is 3.35. The molecule has 0 aromatic rings. The third-order valence-electron chi connectivity index (χ3n) is 2.91. The second-order valence-corrected chi connectivity index (χ2v) is 6.61. The molecule has 3 atom stereocenters. The summed E-state index contributed by atoms with van der Waals surface area (Å²) < 4.78 is -0.652. The Balaban J connectivity index is 2.86. The van der Waals surface area contributed by atoms with E-state index in [1.807, 2.05) is 0 Å². The van der Waals surface area contributed by atoms with E-state index >= 15 is 0 Å². The van der Waals surface area contributed by atoms with Crippen LogP contribution in [-0.2, 0) is 14.4 Å². The van der Waals surface area contributed by atoms with Crippen LogP contribution in [-0.4, -0.2) is 50.3 Å². The number of hydrogen-bond acceptors (Lipinski definition) is 5. The Labute approximate surface area is 115 Å². The molecule has 0 radical (unpaired) electrons. The number of carboxylic acid groups (broad SMARTS) is 2. The average Bonchev–Trinajstić information content (AvgIpc) is 2.60. The van der Waals surface area contributed by atoms with Crippen LogP contribution in [0.3, 0.4) is 0 Å². The first kappa shape index (κ1) is 15.8. The number of aliphatic carboxylic acids is 2. The molecule has 0 aromatic heterocycles. The molecule has 4 N–H and O–H groups in total. The van der Waals surface area contributed by atoms with Crippen LogP contribution in [0.2, 0.25) is 0 Å². The zero-order valence-electron chi connectivity index (χ0n) is 11.0. The van der Waals surface area contributed by atoms with Gasteiger partial charge in [-0.25, -0.2) is 4.79 Å². The SMILES string of the molecule is CCC(=O)N[C@H](C(=O)O)[C@@H]1N[C@@H](C(=O)O)C(C)(C)S1. The van der Waals surface area contributed by atoms with Gasteiger partial charge < -0.3 is 15.5 Å². The minimum Gasteiger partial charge on any atom is -0.480 e. The molecule has 0 spiro atoms. The zero-order chi connectivity index (χ0) is 14.8. The van der Waals surface area contributed by atoms with Crippen LogP contribution >= 0.6 is 11.8 Å². The van der Waals surface area contributed by atoms with Gasteiger partial charge in [-0.3, -0.25) is 14.9 Å².